The van der Waals surface area contributed by atoms with Crippen LogP contribution in [0.3, 0.4) is 0 Å². The van der Waals surface area contributed by atoms with Crippen LogP contribution in [0.4, 0.5) is 0 Å². The molecule has 162 valence electrons. The Morgan fingerprint density at radius 3 is 2.39 bits per heavy atom. The molecule has 0 aromatic heterocycles. The second kappa shape index (κ2) is 9.25. The minimum absolute atomic E-state index is 0.00809. The third kappa shape index (κ3) is 4.29. The molecule has 4 rings (SSSR count). The molecule has 7 nitrogen and oxygen atoms in total. The number of nitrogens with zero attached hydrogens (tertiary/aromatic N) is 2. The lowest BCUT2D eigenvalue weighted by Gasteiger charge is -2.18. The number of allylic oxidation sites excluding steroid dienone is 2. The number of guanidine groups is 1. The van der Waals surface area contributed by atoms with Gasteiger partial charge in [0.25, 0.3) is 0 Å². The molecule has 1 heterocycles. The van der Waals surface area contributed by atoms with Crippen molar-refractivity contribution < 1.29 is 14.3 Å². The van der Waals surface area contributed by atoms with Crippen molar-refractivity contribution in [3.05, 3.63) is 42.0 Å². The van der Waals surface area contributed by atoms with Crippen LogP contribution in [0.1, 0.15) is 12.0 Å². The number of aliphatic imine (C=N–C) groups is 1. The zero-order valence-electron chi connectivity index (χ0n) is 17.7. The Labute approximate surface area is 182 Å². The topological polar surface area (TPSA) is 83.0 Å². The molecule has 1 aliphatic heterocycles. The quantitative estimate of drug-likeness (QED) is 0.217. The normalized spacial score (nSPS) is 26.2. The minimum atomic E-state index is -0.136. The number of benzene rings is 1. The number of ether oxygens (including phenoxy) is 1. The van der Waals surface area contributed by atoms with Crippen molar-refractivity contribution in [2.75, 3.05) is 33.3 Å². The van der Waals surface area contributed by atoms with Gasteiger partial charge in [0.1, 0.15) is 12.4 Å². The highest BCUT2D eigenvalue weighted by Crippen LogP contribution is 2.52. The zero-order valence-corrected chi connectivity index (χ0v) is 17.7. The summed E-state index contributed by atoms with van der Waals surface area (Å²) in [4.78, 5) is 31.1. The summed E-state index contributed by atoms with van der Waals surface area (Å²) >= 11 is 0. The number of carbonyl (C=O) groups excluding carboxylic acids is 2. The van der Waals surface area contributed by atoms with E-state index in [0.29, 0.717) is 25.6 Å². The van der Waals surface area contributed by atoms with Crippen LogP contribution in [-0.2, 0) is 16.0 Å². The molecule has 2 amide bonds. The van der Waals surface area contributed by atoms with Gasteiger partial charge in [-0.15, -0.1) is 6.42 Å². The van der Waals surface area contributed by atoms with Crippen molar-refractivity contribution in [2.45, 2.75) is 12.8 Å². The van der Waals surface area contributed by atoms with E-state index in [2.05, 4.69) is 33.7 Å². The summed E-state index contributed by atoms with van der Waals surface area (Å²) < 4.78 is 5.37. The van der Waals surface area contributed by atoms with Gasteiger partial charge in [-0.2, -0.15) is 0 Å². The molecule has 1 saturated heterocycles. The first-order valence-electron chi connectivity index (χ1n) is 10.8. The average Bonchev–Trinajstić information content (AvgIpc) is 3.47. The average molecular weight is 421 g/mol. The standard InChI is InChI=1S/C24H28N4O3/c1-3-14-31-19-8-4-16(5-9-19)10-11-26-24(25-2)27-12-13-28-22(29)20-17-6-7-18(15-17)21(20)23(28)30/h1,4-9,17-18,20-21H,10-15H2,2H3,(H2,25,26,27). The van der Waals surface area contributed by atoms with Crippen molar-refractivity contribution in [3.63, 3.8) is 0 Å². The predicted molar refractivity (Wildman–Crippen MR) is 118 cm³/mol. The van der Waals surface area contributed by atoms with Crippen LogP contribution in [0.15, 0.2) is 41.4 Å². The highest BCUT2D eigenvalue weighted by atomic mass is 16.5. The zero-order chi connectivity index (χ0) is 21.8. The van der Waals surface area contributed by atoms with Crippen LogP contribution in [-0.4, -0.2) is 56.0 Å². The van der Waals surface area contributed by atoms with Crippen LogP contribution in [0.25, 0.3) is 0 Å². The van der Waals surface area contributed by atoms with Gasteiger partial charge in [-0.3, -0.25) is 19.5 Å². The molecule has 2 aliphatic carbocycles. The highest BCUT2D eigenvalue weighted by molar-refractivity contribution is 6.06. The maximum atomic E-state index is 12.7. The molecule has 4 atom stereocenters. The fourth-order valence-electron chi connectivity index (χ4n) is 4.89. The van der Waals surface area contributed by atoms with Crippen molar-refractivity contribution in [1.29, 1.82) is 0 Å². The summed E-state index contributed by atoms with van der Waals surface area (Å²) in [5.41, 5.74) is 1.17. The van der Waals surface area contributed by atoms with Gasteiger partial charge in [0.2, 0.25) is 11.8 Å². The summed E-state index contributed by atoms with van der Waals surface area (Å²) in [5, 5.41) is 6.46. The Hall–Kier alpha value is -3.27. The van der Waals surface area contributed by atoms with E-state index in [-0.39, 0.29) is 42.1 Å². The first-order chi connectivity index (χ1) is 15.1. The molecule has 2 fully saturated rings. The Kier molecular flexibility index (Phi) is 6.26. The molecule has 1 aromatic carbocycles. The Morgan fingerprint density at radius 2 is 1.77 bits per heavy atom. The first kappa shape index (κ1) is 21.0. The molecule has 2 bridgehead atoms. The monoisotopic (exact) mass is 420 g/mol. The lowest BCUT2D eigenvalue weighted by molar-refractivity contribution is -0.140. The third-order valence-electron chi connectivity index (χ3n) is 6.36. The van der Waals surface area contributed by atoms with Crippen LogP contribution in [0, 0.1) is 36.0 Å². The van der Waals surface area contributed by atoms with Gasteiger partial charge in [0.05, 0.1) is 11.8 Å². The largest absolute Gasteiger partial charge is 0.481 e. The number of terminal acetylenes is 1. The van der Waals surface area contributed by atoms with Gasteiger partial charge in [-0.25, -0.2) is 0 Å². The summed E-state index contributed by atoms with van der Waals surface area (Å²) in [6.07, 6.45) is 11.2. The van der Waals surface area contributed by atoms with Crippen LogP contribution < -0.4 is 15.4 Å². The number of imide groups is 1. The number of carbonyl (C=O) groups is 2. The third-order valence-corrected chi connectivity index (χ3v) is 6.36. The van der Waals surface area contributed by atoms with Gasteiger partial charge in [-0.05, 0) is 42.4 Å². The number of hydrogen-bond acceptors (Lipinski definition) is 4. The van der Waals surface area contributed by atoms with Crippen LogP contribution in [0.2, 0.25) is 0 Å². The molecular weight excluding hydrogens is 392 g/mol. The van der Waals surface area contributed by atoms with E-state index < -0.39 is 0 Å². The van der Waals surface area contributed by atoms with Gasteiger partial charge < -0.3 is 15.4 Å². The molecule has 31 heavy (non-hydrogen) atoms. The van der Waals surface area contributed by atoms with Crippen molar-refractivity contribution in [1.82, 2.24) is 15.5 Å². The number of amides is 2. The van der Waals surface area contributed by atoms with Crippen molar-refractivity contribution >= 4 is 17.8 Å². The number of fused-ring (bicyclic) bond motifs is 5. The maximum Gasteiger partial charge on any atom is 0.233 e. The summed E-state index contributed by atoms with van der Waals surface area (Å²) in [6, 6.07) is 7.82. The molecular formula is C24H28N4O3. The summed E-state index contributed by atoms with van der Waals surface area (Å²) in [6.45, 7) is 1.80. The van der Waals surface area contributed by atoms with Crippen molar-refractivity contribution in [3.8, 4) is 18.1 Å². The predicted octanol–water partition coefficient (Wildman–Crippen LogP) is 1.21. The van der Waals surface area contributed by atoms with Crippen molar-refractivity contribution in [2.24, 2.45) is 28.7 Å². The molecule has 3 aliphatic rings. The van der Waals surface area contributed by atoms with Gasteiger partial charge >= 0.3 is 0 Å². The Bertz CT molecular complexity index is 901. The smallest absolute Gasteiger partial charge is 0.233 e. The molecule has 1 aromatic rings. The number of likely N-dealkylation sites (tertiary alicyclic amines) is 1. The van der Waals surface area contributed by atoms with E-state index in [1.54, 1.807) is 7.05 Å². The SMILES string of the molecule is C#CCOc1ccc(CCNC(=NC)NCCN2C(=O)C3C4C=CC(C4)C3C2=O)cc1. The van der Waals surface area contributed by atoms with Crippen LogP contribution in [0.5, 0.6) is 5.75 Å². The maximum absolute atomic E-state index is 12.7. The van der Waals surface area contributed by atoms with Gasteiger partial charge in [-0.1, -0.05) is 30.2 Å². The lowest BCUT2D eigenvalue weighted by atomic mass is 9.85. The van der Waals surface area contributed by atoms with E-state index in [1.807, 2.05) is 24.3 Å². The fraction of sp³-hybridized carbons (Fsp3) is 0.458. The first-order valence-corrected chi connectivity index (χ1v) is 10.8. The summed E-state index contributed by atoms with van der Waals surface area (Å²) in [5.74, 6) is 4.05. The van der Waals surface area contributed by atoms with E-state index in [4.69, 9.17) is 11.2 Å². The lowest BCUT2D eigenvalue weighted by Crippen LogP contribution is -2.44. The molecule has 1 saturated carbocycles. The Morgan fingerprint density at radius 1 is 1.13 bits per heavy atom. The van der Waals surface area contributed by atoms with E-state index >= 15 is 0 Å². The van der Waals surface area contributed by atoms with Gasteiger partial charge in [0.15, 0.2) is 5.96 Å². The number of rotatable bonds is 8. The molecule has 0 spiro atoms. The number of hydrogen-bond donors (Lipinski definition) is 2. The highest BCUT2D eigenvalue weighted by Gasteiger charge is 2.58. The molecule has 7 heteroatoms. The summed E-state index contributed by atoms with van der Waals surface area (Å²) in [7, 11) is 1.70. The Balaban J connectivity index is 1.19. The molecule has 2 N–H and O–H groups in total. The second-order valence-corrected chi connectivity index (χ2v) is 8.14. The minimum Gasteiger partial charge on any atom is -0.481 e. The second-order valence-electron chi connectivity index (χ2n) is 8.14. The van der Waals surface area contributed by atoms with E-state index in [0.717, 1.165) is 18.6 Å². The molecule has 4 unspecified atom stereocenters. The van der Waals surface area contributed by atoms with E-state index in [9.17, 15) is 9.59 Å². The fourth-order valence-corrected chi connectivity index (χ4v) is 4.89. The van der Waals surface area contributed by atoms with Gasteiger partial charge in [0, 0.05) is 26.7 Å². The van der Waals surface area contributed by atoms with Crippen LogP contribution >= 0.6 is 0 Å². The van der Waals surface area contributed by atoms with E-state index in [1.165, 1.54) is 10.5 Å². The molecule has 0 radical (unpaired) electrons. The number of nitrogens with one attached hydrogen (secondary N) is 2.